The number of fused-ring (bicyclic) bond motifs is 2. The smallest absolute Gasteiger partial charge is 0.189 e. The van der Waals surface area contributed by atoms with Crippen molar-refractivity contribution in [2.45, 2.75) is 97.1 Å². The Labute approximate surface area is 318 Å². The van der Waals surface area contributed by atoms with Gasteiger partial charge >= 0.3 is 0 Å². The maximum atomic E-state index is 10.8. The summed E-state index contributed by atoms with van der Waals surface area (Å²) in [6, 6.07) is 21.3. The Balaban J connectivity index is 1.61. The molecule has 0 aliphatic rings. The zero-order chi connectivity index (χ0) is 38.4. The molecule has 5 rings (SSSR count). The van der Waals surface area contributed by atoms with Crippen LogP contribution < -0.4 is 9.47 Å². The van der Waals surface area contributed by atoms with Crippen molar-refractivity contribution >= 4 is 46.2 Å². The van der Waals surface area contributed by atoms with E-state index >= 15 is 0 Å². The summed E-state index contributed by atoms with van der Waals surface area (Å²) in [4.78, 5) is 5.17. The van der Waals surface area contributed by atoms with Crippen LogP contribution in [-0.4, -0.2) is 82.4 Å². The average Bonchev–Trinajstić information content (AvgIpc) is 3.65. The second kappa shape index (κ2) is 17.4. The van der Waals surface area contributed by atoms with Gasteiger partial charge in [0.05, 0.1) is 30.3 Å². The predicted octanol–water partition coefficient (Wildman–Crippen LogP) is 9.54. The fraction of sp³-hybridized carbons (Fsp3) is 0.500. The molecule has 1 N–H and O–H groups in total. The van der Waals surface area contributed by atoms with Crippen LogP contribution in [0.4, 0.5) is 0 Å². The van der Waals surface area contributed by atoms with Crippen molar-refractivity contribution in [3.05, 3.63) is 60.2 Å². The summed E-state index contributed by atoms with van der Waals surface area (Å²) in [6.45, 7) is 23.7. The summed E-state index contributed by atoms with van der Waals surface area (Å²) in [5.41, 5.74) is 5.88. The number of hydrogen-bond donors (Lipinski definition) is 1. The molecule has 0 aliphatic heterocycles. The Bertz CT molecular complexity index is 1970. The van der Waals surface area contributed by atoms with E-state index in [4.69, 9.17) is 33.8 Å². The molecule has 0 spiro atoms. The summed E-state index contributed by atoms with van der Waals surface area (Å²) in [7, 11) is -2.15. The first kappa shape index (κ1) is 40.9. The maximum absolute atomic E-state index is 10.8. The molecule has 288 valence electrons. The Morgan fingerprint density at radius 1 is 0.679 bits per heavy atom. The van der Waals surface area contributed by atoms with E-state index < -0.39 is 24.2 Å². The number of para-hydroxylation sites is 2. The van der Waals surface area contributed by atoms with E-state index in [9.17, 15) is 5.11 Å². The van der Waals surface area contributed by atoms with Crippen molar-refractivity contribution in [3.63, 3.8) is 0 Å². The third kappa shape index (κ3) is 10.9. The normalized spacial score (nSPS) is 12.7. The average molecular weight is 777 g/mol. The second-order valence-electron chi connectivity index (χ2n) is 17.4. The van der Waals surface area contributed by atoms with Gasteiger partial charge in [0.1, 0.15) is 19.2 Å². The van der Waals surface area contributed by atoms with Crippen LogP contribution in [0.3, 0.4) is 0 Å². The third-order valence-electron chi connectivity index (χ3n) is 9.22. The van der Waals surface area contributed by atoms with Crippen LogP contribution in [0.1, 0.15) is 5.56 Å². The van der Waals surface area contributed by atoms with E-state index in [1.807, 2.05) is 41.1 Å². The molecule has 0 bridgehead atoms. The Morgan fingerprint density at radius 2 is 1.30 bits per heavy atom. The lowest BCUT2D eigenvalue weighted by Crippen LogP contribution is -2.22. The maximum Gasteiger partial charge on any atom is 0.189 e. The first-order valence-electron chi connectivity index (χ1n) is 18.7. The predicted molar refractivity (Wildman–Crippen MR) is 224 cm³/mol. The number of nitrogens with zero attached hydrogens (tertiary/aromatic N) is 4. The van der Waals surface area contributed by atoms with Gasteiger partial charge < -0.3 is 28.8 Å². The molecule has 0 atom stereocenters. The molecular weight excluding hydrogens is 717 g/mol. The van der Waals surface area contributed by atoms with Crippen molar-refractivity contribution in [1.29, 1.82) is 0 Å². The number of rotatable bonds is 20. The summed E-state index contributed by atoms with van der Waals surface area (Å²) in [6.07, 6.45) is 0. The number of benzene rings is 3. The Kier molecular flexibility index (Phi) is 13.4. The van der Waals surface area contributed by atoms with Crippen molar-refractivity contribution in [2.24, 2.45) is 0 Å². The zero-order valence-corrected chi connectivity index (χ0v) is 36.5. The monoisotopic (exact) mass is 776 g/mol. The number of aliphatic hydroxyl groups is 1. The molecule has 2 aromatic heterocycles. The number of aliphatic hydroxyl groups excluding tert-OH is 1. The van der Waals surface area contributed by atoms with E-state index in [2.05, 4.69) is 81.7 Å². The largest absolute Gasteiger partial charge is 0.493 e. The minimum Gasteiger partial charge on any atom is -0.493 e. The fourth-order valence-corrected chi connectivity index (χ4v) is 8.23. The first-order chi connectivity index (χ1) is 25.1. The molecule has 0 unspecified atom stereocenters. The van der Waals surface area contributed by atoms with E-state index in [0.29, 0.717) is 61.9 Å². The molecule has 0 radical (unpaired) electrons. The molecule has 0 saturated carbocycles. The van der Waals surface area contributed by atoms with Crippen LogP contribution in [0, 0.1) is 0 Å². The van der Waals surface area contributed by atoms with E-state index in [1.54, 1.807) is 7.11 Å². The molecule has 5 aromatic rings. The van der Waals surface area contributed by atoms with Gasteiger partial charge in [-0.3, -0.25) is 4.57 Å². The highest BCUT2D eigenvalue weighted by atomic mass is 28.3. The highest BCUT2D eigenvalue weighted by molar-refractivity contribution is 6.76. The minimum atomic E-state index is -1.28. The quantitative estimate of drug-likeness (QED) is 0.0474. The molecule has 0 aliphatic carbocycles. The molecule has 0 fully saturated rings. The summed E-state index contributed by atoms with van der Waals surface area (Å²) < 4.78 is 34.4. The van der Waals surface area contributed by atoms with Gasteiger partial charge in [-0.2, -0.15) is 5.10 Å². The number of methoxy groups -OCH3 is 1. The fourth-order valence-electron chi connectivity index (χ4n) is 5.96. The number of imidazole rings is 1. The standard InChI is InChI=1S/C40H60N4O6Si3/c1-46-36-25-32(30(26-45)24-37(36)50-29-49-20-23-53(8,9)10)31-14-13-17-35-38(31)39(42-44(35)28-48-19-22-52(5,6)7)40-41-33-15-11-12-16-34(33)43(40)27-47-18-21-51(2,3)4/h11-17,24-25,45H,18-23,26-29H2,1-10H3. The molecule has 10 nitrogen and oxygen atoms in total. The van der Waals surface area contributed by atoms with Crippen LogP contribution in [0.25, 0.3) is 44.6 Å². The van der Waals surface area contributed by atoms with Crippen LogP contribution in [-0.2, 0) is 34.3 Å². The van der Waals surface area contributed by atoms with E-state index in [0.717, 1.165) is 51.2 Å². The van der Waals surface area contributed by atoms with Crippen LogP contribution in [0.5, 0.6) is 11.5 Å². The third-order valence-corrected chi connectivity index (χ3v) is 14.3. The lowest BCUT2D eigenvalue weighted by atomic mass is 9.95. The summed E-state index contributed by atoms with van der Waals surface area (Å²) in [5.74, 6) is 1.78. The SMILES string of the molecule is COc1cc(-c2cccc3c2c(-c2nc4ccccc4n2COCC[Si](C)(C)C)nn3COCC[Si](C)(C)C)c(CO)cc1OCOCC[Si](C)(C)C. The Morgan fingerprint density at radius 3 is 1.94 bits per heavy atom. The zero-order valence-electron chi connectivity index (χ0n) is 33.5. The topological polar surface area (TPSA) is 102 Å². The van der Waals surface area contributed by atoms with Gasteiger partial charge in [-0.05, 0) is 65.2 Å². The molecule has 13 heteroatoms. The molecule has 0 saturated heterocycles. The van der Waals surface area contributed by atoms with Crippen molar-refractivity contribution in [3.8, 4) is 34.1 Å². The van der Waals surface area contributed by atoms with Crippen molar-refractivity contribution in [1.82, 2.24) is 19.3 Å². The van der Waals surface area contributed by atoms with Gasteiger partial charge in [-0.15, -0.1) is 0 Å². The van der Waals surface area contributed by atoms with E-state index in [1.165, 1.54) is 0 Å². The molecule has 3 aromatic carbocycles. The molecule has 53 heavy (non-hydrogen) atoms. The highest BCUT2D eigenvalue weighted by Gasteiger charge is 2.25. The molecule has 2 heterocycles. The van der Waals surface area contributed by atoms with Crippen LogP contribution >= 0.6 is 0 Å². The van der Waals surface area contributed by atoms with Gasteiger partial charge in [0, 0.05) is 49.4 Å². The van der Waals surface area contributed by atoms with Gasteiger partial charge in [0.15, 0.2) is 24.1 Å². The summed E-state index contributed by atoms with van der Waals surface area (Å²) in [5, 5.41) is 16.9. The van der Waals surface area contributed by atoms with Gasteiger partial charge in [0.25, 0.3) is 0 Å². The number of aromatic nitrogens is 4. The van der Waals surface area contributed by atoms with Gasteiger partial charge in [0.2, 0.25) is 0 Å². The van der Waals surface area contributed by atoms with Crippen LogP contribution in [0.2, 0.25) is 77.1 Å². The number of ether oxygens (including phenoxy) is 5. The first-order valence-corrected chi connectivity index (χ1v) is 29.8. The summed E-state index contributed by atoms with van der Waals surface area (Å²) >= 11 is 0. The lowest BCUT2D eigenvalue weighted by molar-refractivity contribution is 0.0204. The van der Waals surface area contributed by atoms with Crippen LogP contribution in [0.15, 0.2) is 54.6 Å². The van der Waals surface area contributed by atoms with Crippen molar-refractivity contribution < 1.29 is 28.8 Å². The van der Waals surface area contributed by atoms with Gasteiger partial charge in [-0.25, -0.2) is 9.67 Å². The molecular formula is C40H60N4O6Si3. The lowest BCUT2D eigenvalue weighted by Gasteiger charge is -2.18. The Hall–Kier alpha value is -3.31. The van der Waals surface area contributed by atoms with Crippen molar-refractivity contribution in [2.75, 3.05) is 33.7 Å². The van der Waals surface area contributed by atoms with E-state index in [-0.39, 0.29) is 13.4 Å². The number of hydrogen-bond acceptors (Lipinski definition) is 8. The second-order valence-corrected chi connectivity index (χ2v) is 34.3. The molecule has 0 amide bonds. The highest BCUT2D eigenvalue weighted by Crippen LogP contribution is 2.42. The van der Waals surface area contributed by atoms with Gasteiger partial charge in [-0.1, -0.05) is 83.2 Å². The minimum absolute atomic E-state index is 0.103.